The summed E-state index contributed by atoms with van der Waals surface area (Å²) in [4.78, 5) is 0. The van der Waals surface area contributed by atoms with E-state index in [1.54, 1.807) is 12.4 Å². The molecule has 1 aromatic carbocycles. The second-order valence-corrected chi connectivity index (χ2v) is 5.87. The van der Waals surface area contributed by atoms with E-state index in [0.717, 1.165) is 37.8 Å². The van der Waals surface area contributed by atoms with Crippen LogP contribution in [0.5, 0.6) is 0 Å². The highest BCUT2D eigenvalue weighted by molar-refractivity contribution is 5.70. The number of rotatable bonds is 2. The van der Waals surface area contributed by atoms with Crippen LogP contribution in [0.1, 0.15) is 49.3 Å². The van der Waals surface area contributed by atoms with E-state index in [0.29, 0.717) is 11.6 Å². The summed E-state index contributed by atoms with van der Waals surface area (Å²) >= 11 is 0. The number of alkyl halides is 3. The van der Waals surface area contributed by atoms with Gasteiger partial charge in [-0.3, -0.25) is 4.68 Å². The van der Waals surface area contributed by atoms with Crippen LogP contribution in [-0.4, -0.2) is 9.78 Å². The summed E-state index contributed by atoms with van der Waals surface area (Å²) in [6.45, 7) is 0. The predicted octanol–water partition coefficient (Wildman–Crippen LogP) is 4.95. The first kappa shape index (κ1) is 15.6. The standard InChI is InChI=1S/C17H16F3N3/c18-17(19,20)14-7-6-12(9-21)16(8-14)13-10-22-23(11-13)15-4-2-1-3-5-15/h6-8,10-11,15H,1-5H2. The Morgan fingerprint density at radius 3 is 2.57 bits per heavy atom. The third kappa shape index (κ3) is 3.24. The third-order valence-electron chi connectivity index (χ3n) is 4.33. The largest absolute Gasteiger partial charge is 0.416 e. The molecular weight excluding hydrogens is 303 g/mol. The van der Waals surface area contributed by atoms with Gasteiger partial charge in [-0.05, 0) is 31.0 Å². The van der Waals surface area contributed by atoms with E-state index in [-0.39, 0.29) is 11.1 Å². The smallest absolute Gasteiger partial charge is 0.269 e. The minimum absolute atomic E-state index is 0.223. The van der Waals surface area contributed by atoms with Crippen LogP contribution in [0.2, 0.25) is 0 Å². The van der Waals surface area contributed by atoms with E-state index >= 15 is 0 Å². The zero-order valence-electron chi connectivity index (χ0n) is 12.5. The van der Waals surface area contributed by atoms with Gasteiger partial charge in [0.1, 0.15) is 0 Å². The van der Waals surface area contributed by atoms with Gasteiger partial charge in [-0.15, -0.1) is 0 Å². The summed E-state index contributed by atoms with van der Waals surface area (Å²) in [7, 11) is 0. The van der Waals surface area contributed by atoms with Crippen molar-refractivity contribution in [3.8, 4) is 17.2 Å². The first-order valence-corrected chi connectivity index (χ1v) is 7.65. The van der Waals surface area contributed by atoms with E-state index in [9.17, 15) is 18.4 Å². The summed E-state index contributed by atoms with van der Waals surface area (Å²) < 4.78 is 40.6. The first-order valence-electron chi connectivity index (χ1n) is 7.65. The Kier molecular flexibility index (Phi) is 4.12. The molecule has 1 heterocycles. The van der Waals surface area contributed by atoms with Gasteiger partial charge >= 0.3 is 6.18 Å². The molecule has 0 unspecified atom stereocenters. The normalized spacial score (nSPS) is 16.3. The average molecular weight is 319 g/mol. The summed E-state index contributed by atoms with van der Waals surface area (Å²) in [5, 5.41) is 13.5. The molecule has 1 aromatic heterocycles. The molecule has 0 atom stereocenters. The minimum Gasteiger partial charge on any atom is -0.269 e. The molecule has 0 saturated heterocycles. The Morgan fingerprint density at radius 2 is 1.91 bits per heavy atom. The van der Waals surface area contributed by atoms with Crippen LogP contribution in [0.3, 0.4) is 0 Å². The van der Waals surface area contributed by atoms with E-state index in [1.807, 2.05) is 10.8 Å². The van der Waals surface area contributed by atoms with Gasteiger partial charge in [0.15, 0.2) is 0 Å². The maximum Gasteiger partial charge on any atom is 0.416 e. The highest BCUT2D eigenvalue weighted by Gasteiger charge is 2.31. The molecule has 0 N–H and O–H groups in total. The molecule has 3 rings (SSSR count). The van der Waals surface area contributed by atoms with Gasteiger partial charge in [0, 0.05) is 17.3 Å². The third-order valence-corrected chi connectivity index (χ3v) is 4.33. The van der Waals surface area contributed by atoms with Crippen molar-refractivity contribution < 1.29 is 13.2 Å². The highest BCUT2D eigenvalue weighted by Crippen LogP contribution is 2.35. The predicted molar refractivity (Wildman–Crippen MR) is 79.5 cm³/mol. The van der Waals surface area contributed by atoms with Crippen molar-refractivity contribution in [2.45, 2.75) is 44.3 Å². The molecule has 3 nitrogen and oxygen atoms in total. The number of hydrogen-bond acceptors (Lipinski definition) is 2. The van der Waals surface area contributed by atoms with Crippen LogP contribution in [0, 0.1) is 11.3 Å². The topological polar surface area (TPSA) is 41.6 Å². The summed E-state index contributed by atoms with van der Waals surface area (Å²) in [5.41, 5.74) is 0.306. The number of nitrogens with zero attached hydrogens (tertiary/aromatic N) is 3. The van der Waals surface area contributed by atoms with E-state index < -0.39 is 11.7 Å². The molecule has 0 aliphatic heterocycles. The zero-order valence-corrected chi connectivity index (χ0v) is 12.5. The quantitative estimate of drug-likeness (QED) is 0.786. The molecule has 23 heavy (non-hydrogen) atoms. The van der Waals surface area contributed by atoms with Gasteiger partial charge < -0.3 is 0 Å². The van der Waals surface area contributed by atoms with Gasteiger partial charge in [0.05, 0.1) is 29.4 Å². The maximum absolute atomic E-state index is 12.9. The SMILES string of the molecule is N#Cc1ccc(C(F)(F)F)cc1-c1cnn(C2CCCCC2)c1. The van der Waals surface area contributed by atoms with E-state index in [4.69, 9.17) is 0 Å². The van der Waals surface area contributed by atoms with Crippen molar-refractivity contribution in [3.63, 3.8) is 0 Å². The lowest BCUT2D eigenvalue weighted by Crippen LogP contribution is -2.12. The van der Waals surface area contributed by atoms with Crippen LogP contribution in [0.15, 0.2) is 30.6 Å². The Morgan fingerprint density at radius 1 is 1.17 bits per heavy atom. The van der Waals surface area contributed by atoms with E-state index in [2.05, 4.69) is 5.10 Å². The average Bonchev–Trinajstić information content (AvgIpc) is 3.04. The van der Waals surface area contributed by atoms with Gasteiger partial charge in [0.2, 0.25) is 0 Å². The van der Waals surface area contributed by atoms with Crippen LogP contribution < -0.4 is 0 Å². The highest BCUT2D eigenvalue weighted by atomic mass is 19.4. The molecule has 1 fully saturated rings. The molecule has 0 bridgehead atoms. The first-order chi connectivity index (χ1) is 11.0. The summed E-state index contributed by atoms with van der Waals surface area (Å²) in [5.74, 6) is 0. The number of aromatic nitrogens is 2. The van der Waals surface area contributed by atoms with Gasteiger partial charge in [-0.25, -0.2) is 0 Å². The lowest BCUT2D eigenvalue weighted by molar-refractivity contribution is -0.137. The monoisotopic (exact) mass is 319 g/mol. The van der Waals surface area contributed by atoms with Gasteiger partial charge in [-0.1, -0.05) is 19.3 Å². The van der Waals surface area contributed by atoms with Crippen molar-refractivity contribution in [1.29, 1.82) is 5.26 Å². The number of hydrogen-bond donors (Lipinski definition) is 0. The molecule has 2 aromatic rings. The lowest BCUT2D eigenvalue weighted by atomic mass is 9.95. The number of halogens is 3. The molecule has 6 heteroatoms. The van der Waals surface area contributed by atoms with Gasteiger partial charge in [-0.2, -0.15) is 23.5 Å². The van der Waals surface area contributed by atoms with Crippen LogP contribution in [0.4, 0.5) is 13.2 Å². The fraction of sp³-hybridized carbons (Fsp3) is 0.412. The van der Waals surface area contributed by atoms with Crippen molar-refractivity contribution in [2.75, 3.05) is 0 Å². The Bertz CT molecular complexity index is 734. The van der Waals surface area contributed by atoms with Crippen molar-refractivity contribution >= 4 is 0 Å². The Hall–Kier alpha value is -2.29. The van der Waals surface area contributed by atoms with Crippen molar-refractivity contribution in [2.24, 2.45) is 0 Å². The van der Waals surface area contributed by atoms with Crippen molar-refractivity contribution in [3.05, 3.63) is 41.7 Å². The van der Waals surface area contributed by atoms with Crippen LogP contribution in [0.25, 0.3) is 11.1 Å². The van der Waals surface area contributed by atoms with Crippen LogP contribution in [-0.2, 0) is 6.18 Å². The molecule has 1 aliphatic carbocycles. The van der Waals surface area contributed by atoms with E-state index in [1.165, 1.54) is 12.5 Å². The molecule has 0 radical (unpaired) electrons. The number of benzene rings is 1. The van der Waals surface area contributed by atoms with Gasteiger partial charge in [0.25, 0.3) is 0 Å². The fourth-order valence-electron chi connectivity index (χ4n) is 3.08. The molecule has 120 valence electrons. The molecule has 0 spiro atoms. The molecule has 1 saturated carbocycles. The molecular formula is C17H16F3N3. The lowest BCUT2D eigenvalue weighted by Gasteiger charge is -2.21. The molecule has 1 aliphatic rings. The maximum atomic E-state index is 12.9. The molecule has 0 amide bonds. The summed E-state index contributed by atoms with van der Waals surface area (Å²) in [6.07, 6.45) is 4.46. The zero-order chi connectivity index (χ0) is 16.4. The second-order valence-electron chi connectivity index (χ2n) is 5.87. The van der Waals surface area contributed by atoms with Crippen LogP contribution >= 0.6 is 0 Å². The Balaban J connectivity index is 1.97. The minimum atomic E-state index is -4.43. The second kappa shape index (κ2) is 6.07. The fourth-order valence-corrected chi connectivity index (χ4v) is 3.08. The summed E-state index contributed by atoms with van der Waals surface area (Å²) in [6, 6.07) is 5.44. The van der Waals surface area contributed by atoms with Crippen molar-refractivity contribution in [1.82, 2.24) is 9.78 Å². The Labute approximate surface area is 132 Å². The number of nitriles is 1.